The number of nitrogens with one attached hydrogen (secondary N) is 3. The van der Waals surface area contributed by atoms with Crippen LogP contribution in [-0.2, 0) is 9.59 Å². The lowest BCUT2D eigenvalue weighted by Gasteiger charge is -2.16. The number of rotatable bonds is 10. The van der Waals surface area contributed by atoms with Gasteiger partial charge < -0.3 is 16.0 Å². The van der Waals surface area contributed by atoms with Gasteiger partial charge in [-0.05, 0) is 83.0 Å². The molecule has 0 radical (unpaired) electrons. The van der Waals surface area contributed by atoms with Gasteiger partial charge in [-0.15, -0.1) is 11.8 Å². The third-order valence-corrected chi connectivity index (χ3v) is 8.36. The van der Waals surface area contributed by atoms with E-state index in [4.69, 9.17) is 11.6 Å². The second-order valence-corrected chi connectivity index (χ2v) is 11.5. The molecule has 0 aromatic heterocycles. The zero-order valence-electron chi connectivity index (χ0n) is 22.4. The maximum atomic E-state index is 14.6. The van der Waals surface area contributed by atoms with Crippen LogP contribution in [0.25, 0.3) is 6.08 Å². The van der Waals surface area contributed by atoms with Crippen molar-refractivity contribution in [1.82, 2.24) is 5.32 Å². The van der Waals surface area contributed by atoms with Crippen molar-refractivity contribution in [1.29, 1.82) is 0 Å². The van der Waals surface area contributed by atoms with Crippen LogP contribution < -0.4 is 16.0 Å². The first-order valence-electron chi connectivity index (χ1n) is 12.9. The molecular formula is C32H26BrClFN3O3S. The van der Waals surface area contributed by atoms with E-state index < -0.39 is 22.9 Å². The number of amides is 3. The average molecular weight is 667 g/mol. The number of carbonyl (C=O) groups is 3. The highest BCUT2D eigenvalue weighted by Crippen LogP contribution is 2.30. The van der Waals surface area contributed by atoms with Crippen molar-refractivity contribution < 1.29 is 18.8 Å². The summed E-state index contributed by atoms with van der Waals surface area (Å²) in [6.07, 6.45) is 1.77. The van der Waals surface area contributed by atoms with Gasteiger partial charge in [0, 0.05) is 26.2 Å². The van der Waals surface area contributed by atoms with E-state index in [0.717, 1.165) is 9.37 Å². The van der Waals surface area contributed by atoms with Gasteiger partial charge in [-0.1, -0.05) is 61.0 Å². The highest BCUT2D eigenvalue weighted by molar-refractivity contribution is 9.10. The molecule has 0 fully saturated rings. The van der Waals surface area contributed by atoms with Crippen LogP contribution >= 0.6 is 39.3 Å². The van der Waals surface area contributed by atoms with Crippen molar-refractivity contribution in [2.75, 3.05) is 10.6 Å². The van der Waals surface area contributed by atoms with Crippen LogP contribution in [0.5, 0.6) is 0 Å². The summed E-state index contributed by atoms with van der Waals surface area (Å²) >= 11 is 11.0. The number of halogens is 3. The first-order valence-corrected chi connectivity index (χ1v) is 15.0. The number of hydrogen-bond donors (Lipinski definition) is 3. The lowest BCUT2D eigenvalue weighted by Crippen LogP contribution is -2.30. The summed E-state index contributed by atoms with van der Waals surface area (Å²) in [4.78, 5) is 40.0. The molecule has 3 N–H and O–H groups in total. The van der Waals surface area contributed by atoms with Crippen molar-refractivity contribution in [2.24, 2.45) is 0 Å². The quantitative estimate of drug-likeness (QED) is 0.118. The van der Waals surface area contributed by atoms with Gasteiger partial charge in [0.2, 0.25) is 5.91 Å². The molecule has 4 aromatic carbocycles. The minimum atomic E-state index is -0.681. The van der Waals surface area contributed by atoms with E-state index in [-0.39, 0.29) is 22.2 Å². The first kappa shape index (κ1) is 31.0. The van der Waals surface area contributed by atoms with Gasteiger partial charge in [-0.3, -0.25) is 14.4 Å². The zero-order valence-corrected chi connectivity index (χ0v) is 25.5. The number of anilines is 2. The van der Waals surface area contributed by atoms with Gasteiger partial charge in [0.25, 0.3) is 11.8 Å². The predicted octanol–water partition coefficient (Wildman–Crippen LogP) is 8.16. The molecule has 0 aliphatic carbocycles. The fourth-order valence-electron chi connectivity index (χ4n) is 3.84. The van der Waals surface area contributed by atoms with Gasteiger partial charge in [0.05, 0.1) is 16.0 Å². The van der Waals surface area contributed by atoms with E-state index in [0.29, 0.717) is 23.4 Å². The molecular weight excluding hydrogens is 641 g/mol. The van der Waals surface area contributed by atoms with Crippen LogP contribution in [-0.4, -0.2) is 23.0 Å². The van der Waals surface area contributed by atoms with Crippen LogP contribution in [0.1, 0.15) is 29.3 Å². The Bertz CT molecular complexity index is 1610. The monoisotopic (exact) mass is 665 g/mol. The number of thioether (sulfide) groups is 1. The van der Waals surface area contributed by atoms with E-state index >= 15 is 0 Å². The zero-order chi connectivity index (χ0) is 30.1. The molecule has 1 unspecified atom stereocenters. The van der Waals surface area contributed by atoms with Gasteiger partial charge in [-0.2, -0.15) is 0 Å². The summed E-state index contributed by atoms with van der Waals surface area (Å²) in [6.45, 7) is 1.92. The predicted molar refractivity (Wildman–Crippen MR) is 171 cm³/mol. The molecule has 0 aliphatic heterocycles. The molecule has 214 valence electrons. The molecule has 0 bridgehead atoms. The maximum absolute atomic E-state index is 14.6. The minimum Gasteiger partial charge on any atom is -0.324 e. The Morgan fingerprint density at radius 1 is 0.929 bits per heavy atom. The number of para-hydroxylation sites is 1. The van der Waals surface area contributed by atoms with E-state index in [1.807, 2.05) is 37.3 Å². The minimum absolute atomic E-state index is 0.0381. The molecule has 10 heteroatoms. The van der Waals surface area contributed by atoms with Crippen LogP contribution in [0.15, 0.2) is 112 Å². The van der Waals surface area contributed by atoms with Gasteiger partial charge >= 0.3 is 0 Å². The van der Waals surface area contributed by atoms with Crippen LogP contribution in [0, 0.1) is 5.82 Å². The van der Waals surface area contributed by atoms with Crippen molar-refractivity contribution in [3.63, 3.8) is 0 Å². The summed E-state index contributed by atoms with van der Waals surface area (Å²) in [5.74, 6) is -2.03. The molecule has 6 nitrogen and oxygen atoms in total. The Balaban J connectivity index is 1.54. The van der Waals surface area contributed by atoms with Crippen molar-refractivity contribution in [3.05, 3.63) is 129 Å². The molecule has 4 rings (SSSR count). The summed E-state index contributed by atoms with van der Waals surface area (Å²) in [5, 5.41) is 7.96. The first-order chi connectivity index (χ1) is 20.2. The lowest BCUT2D eigenvalue weighted by molar-refractivity contribution is -0.116. The summed E-state index contributed by atoms with van der Waals surface area (Å²) in [5.41, 5.74) is 1.18. The average Bonchev–Trinajstić information content (AvgIpc) is 2.99. The van der Waals surface area contributed by atoms with Gasteiger partial charge in [-0.25, -0.2) is 4.39 Å². The van der Waals surface area contributed by atoms with Crippen molar-refractivity contribution >= 4 is 74.5 Å². The van der Waals surface area contributed by atoms with E-state index in [1.54, 1.807) is 48.5 Å². The van der Waals surface area contributed by atoms with Gasteiger partial charge in [0.15, 0.2) is 0 Å². The molecule has 4 aromatic rings. The molecule has 0 spiro atoms. The fourth-order valence-corrected chi connectivity index (χ4v) is 5.46. The summed E-state index contributed by atoms with van der Waals surface area (Å²) < 4.78 is 15.4. The highest BCUT2D eigenvalue weighted by Gasteiger charge is 2.20. The standard InChI is InChI=1S/C32H26BrClFN3O3S/c1-2-29(32(41)37-27-17-7-6-14-24(27)33)42-22-13-8-12-21(18-22)36-31(40)28(19-23-25(34)15-9-16-26(23)35)38-30(39)20-10-4-3-5-11-20/h3-19,29H,2H2,1H3,(H,36,40)(H,37,41)(H,38,39)/b28-19+. The second kappa shape index (κ2) is 14.8. The summed E-state index contributed by atoms with van der Waals surface area (Å²) in [6, 6.07) is 26.8. The van der Waals surface area contributed by atoms with Crippen molar-refractivity contribution in [3.8, 4) is 0 Å². The maximum Gasteiger partial charge on any atom is 0.272 e. The Labute approximate surface area is 260 Å². The normalized spacial score (nSPS) is 11.9. The SMILES string of the molecule is CCC(Sc1cccc(NC(=O)/C(=C\c2c(F)cccc2Cl)NC(=O)c2ccccc2)c1)C(=O)Nc1ccccc1Br. The number of benzene rings is 4. The molecule has 0 heterocycles. The van der Waals surface area contributed by atoms with E-state index in [9.17, 15) is 18.8 Å². The molecule has 3 amide bonds. The smallest absolute Gasteiger partial charge is 0.272 e. The fraction of sp³-hybridized carbons (Fsp3) is 0.0938. The second-order valence-electron chi connectivity index (χ2n) is 8.98. The number of carbonyl (C=O) groups excluding carboxylic acids is 3. The Hall–Kier alpha value is -3.92. The van der Waals surface area contributed by atoms with E-state index in [1.165, 1.54) is 36.0 Å². The highest BCUT2D eigenvalue weighted by atomic mass is 79.9. The molecule has 1 atom stereocenters. The van der Waals surface area contributed by atoms with E-state index in [2.05, 4.69) is 31.9 Å². The third-order valence-electron chi connectivity index (χ3n) is 5.98. The van der Waals surface area contributed by atoms with Crippen LogP contribution in [0.3, 0.4) is 0 Å². The largest absolute Gasteiger partial charge is 0.324 e. The Morgan fingerprint density at radius 2 is 1.64 bits per heavy atom. The lowest BCUT2D eigenvalue weighted by atomic mass is 10.1. The molecule has 0 aliphatic rings. The third kappa shape index (κ3) is 8.31. The number of hydrogen-bond acceptors (Lipinski definition) is 4. The molecule has 0 saturated carbocycles. The summed E-state index contributed by atoms with van der Waals surface area (Å²) in [7, 11) is 0. The van der Waals surface area contributed by atoms with Crippen LogP contribution in [0.4, 0.5) is 15.8 Å². The van der Waals surface area contributed by atoms with Gasteiger partial charge in [0.1, 0.15) is 11.5 Å². The molecule has 42 heavy (non-hydrogen) atoms. The Morgan fingerprint density at radius 3 is 2.36 bits per heavy atom. The molecule has 0 saturated heterocycles. The van der Waals surface area contributed by atoms with Crippen LogP contribution in [0.2, 0.25) is 5.02 Å². The Kier molecular flexibility index (Phi) is 10.9. The topological polar surface area (TPSA) is 87.3 Å². The van der Waals surface area contributed by atoms with Crippen molar-refractivity contribution in [2.45, 2.75) is 23.5 Å².